The van der Waals surface area contributed by atoms with Crippen LogP contribution in [-0.2, 0) is 19.5 Å². The molecular weight excluding hydrogens is 358 g/mol. The Bertz CT molecular complexity index is 1030. The first-order valence-electron chi connectivity index (χ1n) is 8.80. The highest BCUT2D eigenvalue weighted by molar-refractivity contribution is 7.22. The smallest absolute Gasteiger partial charge is 0.127 e. The largest absolute Gasteiger partial charge is 0.390 e. The molecule has 130 valence electrons. The summed E-state index contributed by atoms with van der Waals surface area (Å²) < 4.78 is 1.23. The van der Waals surface area contributed by atoms with E-state index in [0.717, 1.165) is 41.6 Å². The summed E-state index contributed by atoms with van der Waals surface area (Å²) in [7, 11) is 0. The maximum absolute atomic E-state index is 6.44. The number of nitrogens with two attached hydrogens (primary N) is 1. The first kappa shape index (κ1) is 16.0. The zero-order chi connectivity index (χ0) is 17.5. The second kappa shape index (κ2) is 6.50. The van der Waals surface area contributed by atoms with Gasteiger partial charge in [-0.3, -0.25) is 4.90 Å². The number of hydrogen-bond acceptors (Lipinski definition) is 5. The number of nitrogen functional groups attached to an aromatic ring is 1. The average Bonchev–Trinajstić information content (AvgIpc) is 3.21. The fraction of sp³-hybridized carbons (Fsp3) is 0.190. The Morgan fingerprint density at radius 1 is 1.00 bits per heavy atom. The highest BCUT2D eigenvalue weighted by atomic mass is 32.1. The number of para-hydroxylation sites is 1. The molecule has 0 unspecified atom stereocenters. The van der Waals surface area contributed by atoms with Gasteiger partial charge in [-0.2, -0.15) is 0 Å². The zero-order valence-electron chi connectivity index (χ0n) is 14.3. The van der Waals surface area contributed by atoms with Crippen molar-refractivity contribution >= 4 is 37.9 Å². The molecule has 3 nitrogen and oxygen atoms in total. The molecule has 1 aliphatic heterocycles. The fourth-order valence-corrected chi connectivity index (χ4v) is 5.95. The van der Waals surface area contributed by atoms with Gasteiger partial charge in [0.2, 0.25) is 0 Å². The minimum Gasteiger partial charge on any atom is -0.390 e. The van der Waals surface area contributed by atoms with Crippen LogP contribution in [0.5, 0.6) is 0 Å². The van der Waals surface area contributed by atoms with Gasteiger partial charge >= 0.3 is 0 Å². The lowest BCUT2D eigenvalue weighted by molar-refractivity contribution is 0.249. The van der Waals surface area contributed by atoms with Crippen molar-refractivity contribution in [2.75, 3.05) is 12.3 Å². The van der Waals surface area contributed by atoms with Crippen LogP contribution in [0.1, 0.15) is 16.0 Å². The Morgan fingerprint density at radius 2 is 1.81 bits per heavy atom. The van der Waals surface area contributed by atoms with Gasteiger partial charge in [0, 0.05) is 30.1 Å². The predicted octanol–water partition coefficient (Wildman–Crippen LogP) is 5.17. The number of nitrogens with zero attached hydrogens (tertiary/aromatic N) is 2. The summed E-state index contributed by atoms with van der Waals surface area (Å²) in [5, 5.41) is 1.98. The number of rotatable bonds is 3. The van der Waals surface area contributed by atoms with E-state index in [0.29, 0.717) is 0 Å². The standard InChI is InChI=1S/C21H19N3S2/c22-20-19(21-23-16-8-4-5-9-17(16)26-21)15-10-11-24(13-18(15)25-20)12-14-6-2-1-3-7-14/h1-9H,10-13,22H2. The number of benzene rings is 2. The number of anilines is 1. The molecule has 2 aromatic carbocycles. The van der Waals surface area contributed by atoms with Crippen molar-refractivity contribution in [3.8, 4) is 10.6 Å². The van der Waals surface area contributed by atoms with E-state index >= 15 is 0 Å². The van der Waals surface area contributed by atoms with Crippen molar-refractivity contribution in [2.45, 2.75) is 19.5 Å². The Kier molecular flexibility index (Phi) is 4.00. The average molecular weight is 378 g/mol. The van der Waals surface area contributed by atoms with Gasteiger partial charge in [-0.25, -0.2) is 4.98 Å². The van der Waals surface area contributed by atoms with Gasteiger partial charge in [0.25, 0.3) is 0 Å². The molecule has 2 N–H and O–H groups in total. The van der Waals surface area contributed by atoms with Gasteiger partial charge in [-0.15, -0.1) is 22.7 Å². The lowest BCUT2D eigenvalue weighted by Crippen LogP contribution is -2.29. The molecule has 5 heteroatoms. The molecule has 0 spiro atoms. The third-order valence-electron chi connectivity index (χ3n) is 4.92. The van der Waals surface area contributed by atoms with E-state index in [1.807, 2.05) is 6.07 Å². The zero-order valence-corrected chi connectivity index (χ0v) is 15.9. The SMILES string of the molecule is Nc1sc2c(c1-c1nc3ccccc3s1)CCN(Cc1ccccc1)C2. The third-order valence-corrected chi connectivity index (χ3v) is 7.02. The van der Waals surface area contributed by atoms with E-state index in [1.165, 1.54) is 26.3 Å². The molecule has 26 heavy (non-hydrogen) atoms. The van der Waals surface area contributed by atoms with Gasteiger partial charge in [0.1, 0.15) is 5.01 Å². The number of fused-ring (bicyclic) bond motifs is 2. The first-order chi connectivity index (χ1) is 12.8. The van der Waals surface area contributed by atoms with Crippen molar-refractivity contribution in [3.05, 3.63) is 70.6 Å². The fourth-order valence-electron chi connectivity index (χ4n) is 3.67. The van der Waals surface area contributed by atoms with Gasteiger partial charge < -0.3 is 5.73 Å². The molecule has 0 radical (unpaired) electrons. The van der Waals surface area contributed by atoms with Crippen molar-refractivity contribution in [1.82, 2.24) is 9.88 Å². The van der Waals surface area contributed by atoms with Gasteiger partial charge in [-0.05, 0) is 29.7 Å². The van der Waals surface area contributed by atoms with Crippen molar-refractivity contribution in [3.63, 3.8) is 0 Å². The Morgan fingerprint density at radius 3 is 2.65 bits per heavy atom. The molecule has 1 aliphatic rings. The molecule has 5 rings (SSSR count). The lowest BCUT2D eigenvalue weighted by atomic mass is 10.0. The third kappa shape index (κ3) is 2.82. The minimum atomic E-state index is 0.913. The maximum atomic E-state index is 6.44. The van der Waals surface area contributed by atoms with Crippen LogP contribution in [0.25, 0.3) is 20.8 Å². The minimum absolute atomic E-state index is 0.913. The molecule has 0 saturated heterocycles. The van der Waals surface area contributed by atoms with Crippen molar-refractivity contribution < 1.29 is 0 Å². The van der Waals surface area contributed by atoms with Crippen molar-refractivity contribution in [1.29, 1.82) is 0 Å². The summed E-state index contributed by atoms with van der Waals surface area (Å²) in [6, 6.07) is 19.0. The summed E-state index contributed by atoms with van der Waals surface area (Å²) in [4.78, 5) is 8.75. The molecule has 0 aliphatic carbocycles. The molecule has 0 amide bonds. The Hall–Kier alpha value is -2.21. The maximum Gasteiger partial charge on any atom is 0.127 e. The van der Waals surface area contributed by atoms with Crippen LogP contribution < -0.4 is 5.73 Å². The summed E-state index contributed by atoms with van der Waals surface area (Å²) in [6.07, 6.45) is 1.04. The van der Waals surface area contributed by atoms with E-state index in [1.54, 1.807) is 22.7 Å². The summed E-state index contributed by atoms with van der Waals surface area (Å²) in [5.74, 6) is 0. The molecule has 4 aromatic rings. The van der Waals surface area contributed by atoms with Crippen molar-refractivity contribution in [2.24, 2.45) is 0 Å². The number of thiophene rings is 1. The normalized spacial score (nSPS) is 14.6. The number of thiazole rings is 1. The Balaban J connectivity index is 1.46. The molecule has 3 heterocycles. The molecule has 0 saturated carbocycles. The second-order valence-corrected chi connectivity index (χ2v) is 8.84. The van der Waals surface area contributed by atoms with Crippen LogP contribution in [-0.4, -0.2) is 16.4 Å². The molecule has 0 bridgehead atoms. The highest BCUT2D eigenvalue weighted by Crippen LogP contribution is 2.44. The lowest BCUT2D eigenvalue weighted by Gasteiger charge is -2.27. The highest BCUT2D eigenvalue weighted by Gasteiger charge is 2.25. The number of hydrogen-bond donors (Lipinski definition) is 1. The van der Waals surface area contributed by atoms with Gasteiger partial charge in [-0.1, -0.05) is 42.5 Å². The van der Waals surface area contributed by atoms with Crippen LogP contribution in [0.3, 0.4) is 0 Å². The molecule has 0 fully saturated rings. The van der Waals surface area contributed by atoms with Crippen LogP contribution >= 0.6 is 22.7 Å². The van der Waals surface area contributed by atoms with E-state index in [4.69, 9.17) is 10.7 Å². The predicted molar refractivity (Wildman–Crippen MR) is 112 cm³/mol. The number of aromatic nitrogens is 1. The van der Waals surface area contributed by atoms with E-state index in [-0.39, 0.29) is 0 Å². The second-order valence-electron chi connectivity index (χ2n) is 6.68. The molecule has 2 aromatic heterocycles. The summed E-state index contributed by atoms with van der Waals surface area (Å²) in [5.41, 5.74) is 11.5. The monoisotopic (exact) mass is 377 g/mol. The van der Waals surface area contributed by atoms with E-state index in [9.17, 15) is 0 Å². The van der Waals surface area contributed by atoms with E-state index in [2.05, 4.69) is 53.4 Å². The quantitative estimate of drug-likeness (QED) is 0.536. The van der Waals surface area contributed by atoms with Gasteiger partial charge in [0.05, 0.1) is 15.2 Å². The first-order valence-corrected chi connectivity index (χ1v) is 10.4. The molecule has 0 atom stereocenters. The Labute approximate surface area is 160 Å². The van der Waals surface area contributed by atoms with Crippen LogP contribution in [0.4, 0.5) is 5.00 Å². The van der Waals surface area contributed by atoms with Crippen LogP contribution in [0.2, 0.25) is 0 Å². The van der Waals surface area contributed by atoms with E-state index < -0.39 is 0 Å². The topological polar surface area (TPSA) is 42.1 Å². The van der Waals surface area contributed by atoms with Crippen LogP contribution in [0, 0.1) is 0 Å². The molecular formula is C21H19N3S2. The summed E-state index contributed by atoms with van der Waals surface area (Å²) in [6.45, 7) is 3.04. The van der Waals surface area contributed by atoms with Gasteiger partial charge in [0.15, 0.2) is 0 Å². The summed E-state index contributed by atoms with van der Waals surface area (Å²) >= 11 is 3.49. The van der Waals surface area contributed by atoms with Crippen LogP contribution in [0.15, 0.2) is 54.6 Å².